The predicted molar refractivity (Wildman–Crippen MR) is 69.9 cm³/mol. The molecule has 0 radical (unpaired) electrons. The zero-order valence-electron chi connectivity index (χ0n) is 10.5. The Morgan fingerprint density at radius 3 is 3.12 bits per heavy atom. The van der Waals surface area contributed by atoms with Crippen LogP contribution in [0.1, 0.15) is 17.5 Å². The Kier molecular flexibility index (Phi) is 4.54. The Morgan fingerprint density at radius 1 is 1.47 bits per heavy atom. The van der Waals surface area contributed by atoms with E-state index in [1.807, 2.05) is 0 Å². The van der Waals surface area contributed by atoms with Crippen molar-refractivity contribution in [1.82, 2.24) is 10.2 Å². The van der Waals surface area contributed by atoms with Gasteiger partial charge >= 0.3 is 0 Å². The average Bonchev–Trinajstić information content (AvgIpc) is 2.54. The Balaban J connectivity index is 1.97. The highest BCUT2D eigenvalue weighted by Crippen LogP contribution is 2.10. The number of aryl methyl sites for hydroxylation is 1. The molecule has 1 fully saturated rings. The summed E-state index contributed by atoms with van der Waals surface area (Å²) >= 11 is 0. The molecule has 1 unspecified atom stereocenters. The van der Waals surface area contributed by atoms with E-state index < -0.39 is 0 Å². The molecule has 0 bridgehead atoms. The quantitative estimate of drug-likeness (QED) is 0.823. The Labute approximate surface area is 103 Å². The van der Waals surface area contributed by atoms with E-state index in [9.17, 15) is 5.11 Å². The Hall–Kier alpha value is -0.900. The van der Waals surface area contributed by atoms with E-state index in [1.165, 1.54) is 11.1 Å². The van der Waals surface area contributed by atoms with Gasteiger partial charge in [-0.05, 0) is 32.0 Å². The molecule has 3 nitrogen and oxygen atoms in total. The summed E-state index contributed by atoms with van der Waals surface area (Å²) in [5.41, 5.74) is 2.68. The molecule has 2 rings (SSSR count). The van der Waals surface area contributed by atoms with Gasteiger partial charge in [0.25, 0.3) is 0 Å². The molecule has 1 aliphatic heterocycles. The number of nitrogens with one attached hydrogen (secondary N) is 1. The first-order chi connectivity index (χ1) is 8.28. The molecule has 2 N–H and O–H groups in total. The minimum atomic E-state index is 0.224. The summed E-state index contributed by atoms with van der Waals surface area (Å²) in [6.07, 6.45) is 1.16. The summed E-state index contributed by atoms with van der Waals surface area (Å²) in [6.45, 7) is 6.39. The number of aliphatic hydroxyl groups is 1. The van der Waals surface area contributed by atoms with Crippen LogP contribution in [0.2, 0.25) is 0 Å². The monoisotopic (exact) mass is 234 g/mol. The molecule has 1 atom stereocenters. The molecule has 94 valence electrons. The fraction of sp³-hybridized carbons (Fsp3) is 0.571. The number of nitrogens with zero attached hydrogens (tertiary/aromatic N) is 1. The molecule has 3 heteroatoms. The van der Waals surface area contributed by atoms with E-state index in [2.05, 4.69) is 41.4 Å². The Bertz CT molecular complexity index is 354. The molecule has 1 aromatic rings. The molecule has 0 spiro atoms. The molecule has 0 aromatic heterocycles. The SMILES string of the molecule is Cc1cccc(CN2CCCNC(CO)C2)c1. The average molecular weight is 234 g/mol. The summed E-state index contributed by atoms with van der Waals surface area (Å²) in [7, 11) is 0. The highest BCUT2D eigenvalue weighted by atomic mass is 16.3. The third-order valence-corrected chi connectivity index (χ3v) is 3.27. The molecule has 1 heterocycles. The van der Waals surface area contributed by atoms with Crippen LogP contribution in [-0.2, 0) is 6.54 Å². The third kappa shape index (κ3) is 3.80. The highest BCUT2D eigenvalue weighted by Gasteiger charge is 2.16. The lowest BCUT2D eigenvalue weighted by molar-refractivity contribution is 0.196. The minimum Gasteiger partial charge on any atom is -0.395 e. The van der Waals surface area contributed by atoms with Gasteiger partial charge < -0.3 is 10.4 Å². The van der Waals surface area contributed by atoms with E-state index in [4.69, 9.17) is 0 Å². The summed E-state index contributed by atoms with van der Waals surface area (Å²) in [6, 6.07) is 8.89. The predicted octanol–water partition coefficient (Wildman–Crippen LogP) is 1.15. The smallest absolute Gasteiger partial charge is 0.0597 e. The van der Waals surface area contributed by atoms with E-state index in [1.54, 1.807) is 0 Å². The van der Waals surface area contributed by atoms with Gasteiger partial charge in [-0.1, -0.05) is 29.8 Å². The van der Waals surface area contributed by atoms with E-state index in [0.717, 1.165) is 32.6 Å². The summed E-state index contributed by atoms with van der Waals surface area (Å²) in [4.78, 5) is 2.43. The zero-order valence-corrected chi connectivity index (χ0v) is 10.5. The molecule has 0 amide bonds. The van der Waals surface area contributed by atoms with Crippen LogP contribution in [0, 0.1) is 6.92 Å². The van der Waals surface area contributed by atoms with Crippen molar-refractivity contribution in [1.29, 1.82) is 0 Å². The largest absolute Gasteiger partial charge is 0.395 e. The number of hydrogen-bond acceptors (Lipinski definition) is 3. The van der Waals surface area contributed by atoms with Gasteiger partial charge in [0, 0.05) is 19.1 Å². The van der Waals surface area contributed by atoms with Gasteiger partial charge in [-0.3, -0.25) is 4.90 Å². The fourth-order valence-electron chi connectivity index (χ4n) is 2.41. The lowest BCUT2D eigenvalue weighted by Gasteiger charge is -2.23. The standard InChI is InChI=1S/C14H22N2O/c1-12-4-2-5-13(8-12)9-16-7-3-6-15-14(10-16)11-17/h2,4-5,8,14-15,17H,3,6-7,9-11H2,1H3. The second-order valence-electron chi connectivity index (χ2n) is 4.91. The lowest BCUT2D eigenvalue weighted by Crippen LogP contribution is -2.39. The van der Waals surface area contributed by atoms with Gasteiger partial charge in [-0.15, -0.1) is 0 Å². The molecular weight excluding hydrogens is 212 g/mol. The maximum Gasteiger partial charge on any atom is 0.0597 e. The zero-order chi connectivity index (χ0) is 12.1. The summed E-state index contributed by atoms with van der Waals surface area (Å²) < 4.78 is 0. The van der Waals surface area contributed by atoms with Crippen LogP contribution in [0.15, 0.2) is 24.3 Å². The second-order valence-corrected chi connectivity index (χ2v) is 4.91. The van der Waals surface area contributed by atoms with E-state index >= 15 is 0 Å². The van der Waals surface area contributed by atoms with Crippen molar-refractivity contribution in [3.05, 3.63) is 35.4 Å². The van der Waals surface area contributed by atoms with Crippen LogP contribution in [-0.4, -0.2) is 42.3 Å². The van der Waals surface area contributed by atoms with Crippen molar-refractivity contribution in [2.45, 2.75) is 25.9 Å². The number of aliphatic hydroxyl groups excluding tert-OH is 1. The maximum atomic E-state index is 9.25. The van der Waals surface area contributed by atoms with Crippen molar-refractivity contribution < 1.29 is 5.11 Å². The first kappa shape index (κ1) is 12.6. The van der Waals surface area contributed by atoms with Gasteiger partial charge in [-0.2, -0.15) is 0 Å². The first-order valence-electron chi connectivity index (χ1n) is 6.40. The van der Waals surface area contributed by atoms with Gasteiger partial charge in [0.2, 0.25) is 0 Å². The van der Waals surface area contributed by atoms with Crippen LogP contribution in [0.25, 0.3) is 0 Å². The third-order valence-electron chi connectivity index (χ3n) is 3.27. The van der Waals surface area contributed by atoms with Crippen LogP contribution < -0.4 is 5.32 Å². The van der Waals surface area contributed by atoms with Crippen molar-refractivity contribution in [2.24, 2.45) is 0 Å². The fourth-order valence-corrected chi connectivity index (χ4v) is 2.41. The minimum absolute atomic E-state index is 0.224. The summed E-state index contributed by atoms with van der Waals surface area (Å²) in [5, 5.41) is 12.6. The molecule has 0 saturated carbocycles. The summed E-state index contributed by atoms with van der Waals surface area (Å²) in [5.74, 6) is 0. The molecule has 1 aromatic carbocycles. The second kappa shape index (κ2) is 6.15. The topological polar surface area (TPSA) is 35.5 Å². The molecular formula is C14H22N2O. The van der Waals surface area contributed by atoms with Crippen LogP contribution in [0.3, 0.4) is 0 Å². The van der Waals surface area contributed by atoms with Gasteiger partial charge in [0.15, 0.2) is 0 Å². The van der Waals surface area contributed by atoms with E-state index in [0.29, 0.717) is 0 Å². The molecule has 1 saturated heterocycles. The first-order valence-corrected chi connectivity index (χ1v) is 6.40. The molecule has 17 heavy (non-hydrogen) atoms. The molecule has 0 aliphatic carbocycles. The van der Waals surface area contributed by atoms with Gasteiger partial charge in [0.05, 0.1) is 6.61 Å². The number of benzene rings is 1. The van der Waals surface area contributed by atoms with Crippen molar-refractivity contribution in [3.63, 3.8) is 0 Å². The van der Waals surface area contributed by atoms with Crippen LogP contribution >= 0.6 is 0 Å². The highest BCUT2D eigenvalue weighted by molar-refractivity contribution is 5.22. The Morgan fingerprint density at radius 2 is 2.35 bits per heavy atom. The van der Waals surface area contributed by atoms with Gasteiger partial charge in [0.1, 0.15) is 0 Å². The van der Waals surface area contributed by atoms with Crippen LogP contribution in [0.5, 0.6) is 0 Å². The van der Waals surface area contributed by atoms with Crippen molar-refractivity contribution in [2.75, 3.05) is 26.2 Å². The van der Waals surface area contributed by atoms with Gasteiger partial charge in [-0.25, -0.2) is 0 Å². The van der Waals surface area contributed by atoms with Crippen LogP contribution in [0.4, 0.5) is 0 Å². The number of rotatable bonds is 3. The lowest BCUT2D eigenvalue weighted by atomic mass is 10.1. The van der Waals surface area contributed by atoms with Crippen molar-refractivity contribution in [3.8, 4) is 0 Å². The van der Waals surface area contributed by atoms with E-state index in [-0.39, 0.29) is 12.6 Å². The number of hydrogen-bond donors (Lipinski definition) is 2. The van der Waals surface area contributed by atoms with Crippen molar-refractivity contribution >= 4 is 0 Å². The molecule has 1 aliphatic rings. The maximum absolute atomic E-state index is 9.25. The normalized spacial score (nSPS) is 22.4.